The third kappa shape index (κ3) is 2.88. The van der Waals surface area contributed by atoms with Crippen molar-refractivity contribution in [2.24, 2.45) is 0 Å². The molecule has 0 radical (unpaired) electrons. The number of nitrogens with zero attached hydrogens (tertiary/aromatic N) is 2. The lowest BCUT2D eigenvalue weighted by molar-refractivity contribution is -0.385. The summed E-state index contributed by atoms with van der Waals surface area (Å²) >= 11 is 0. The molecule has 0 aliphatic carbocycles. The zero-order valence-electron chi connectivity index (χ0n) is 11.6. The lowest BCUT2D eigenvalue weighted by Crippen LogP contribution is -2.49. The molecule has 114 valence electrons. The van der Waals surface area contributed by atoms with E-state index in [0.29, 0.717) is 11.1 Å². The molecule has 1 amide bonds. The predicted molar refractivity (Wildman–Crippen MR) is 74.3 cm³/mol. The normalized spacial score (nSPS) is 16.6. The van der Waals surface area contributed by atoms with Gasteiger partial charge < -0.3 is 5.32 Å². The fraction of sp³-hybridized carbons (Fsp3) is 0.417. The van der Waals surface area contributed by atoms with Crippen LogP contribution < -0.4 is 5.32 Å². The molecular formula is C12H15N3O5S. The van der Waals surface area contributed by atoms with Gasteiger partial charge in [-0.25, -0.2) is 8.42 Å². The van der Waals surface area contributed by atoms with E-state index < -0.39 is 14.9 Å². The zero-order chi connectivity index (χ0) is 15.8. The largest absolute Gasteiger partial charge is 0.354 e. The van der Waals surface area contributed by atoms with Gasteiger partial charge >= 0.3 is 0 Å². The van der Waals surface area contributed by atoms with Crippen molar-refractivity contribution in [2.75, 3.05) is 19.6 Å². The van der Waals surface area contributed by atoms with Crippen molar-refractivity contribution in [3.63, 3.8) is 0 Å². The maximum absolute atomic E-state index is 12.6. The van der Waals surface area contributed by atoms with Crippen LogP contribution in [0.1, 0.15) is 11.1 Å². The van der Waals surface area contributed by atoms with Gasteiger partial charge in [-0.3, -0.25) is 14.9 Å². The van der Waals surface area contributed by atoms with E-state index in [4.69, 9.17) is 0 Å². The molecule has 1 aliphatic rings. The summed E-state index contributed by atoms with van der Waals surface area (Å²) in [4.78, 5) is 21.5. The highest BCUT2D eigenvalue weighted by molar-refractivity contribution is 7.89. The van der Waals surface area contributed by atoms with Gasteiger partial charge in [0.15, 0.2) is 0 Å². The van der Waals surface area contributed by atoms with Crippen LogP contribution in [0.15, 0.2) is 17.0 Å². The summed E-state index contributed by atoms with van der Waals surface area (Å²) in [6.07, 6.45) is 0. The Morgan fingerprint density at radius 1 is 1.33 bits per heavy atom. The average Bonchev–Trinajstić information content (AvgIpc) is 2.41. The van der Waals surface area contributed by atoms with Crippen molar-refractivity contribution in [3.05, 3.63) is 33.4 Å². The molecule has 0 aromatic heterocycles. The summed E-state index contributed by atoms with van der Waals surface area (Å²) < 4.78 is 26.2. The van der Waals surface area contributed by atoms with Gasteiger partial charge in [0.25, 0.3) is 5.69 Å². The molecule has 9 heteroatoms. The number of piperazine rings is 1. The number of benzene rings is 1. The Bertz CT molecular complexity index is 714. The quantitative estimate of drug-likeness (QED) is 0.639. The standard InChI is InChI=1S/C12H15N3O5S/c1-8-5-10(15(17)18)6-11(9(8)2)21(19,20)14-4-3-13-12(16)7-14/h5-6H,3-4,7H2,1-2H3,(H,13,16). The third-order valence-corrected chi connectivity index (χ3v) is 5.41. The van der Waals surface area contributed by atoms with Gasteiger partial charge in [-0.05, 0) is 25.0 Å². The predicted octanol–water partition coefficient (Wildman–Crippen LogP) is 0.332. The summed E-state index contributed by atoms with van der Waals surface area (Å²) in [6, 6.07) is 2.38. The number of nitro groups is 1. The van der Waals surface area contributed by atoms with Crippen LogP contribution in [0.3, 0.4) is 0 Å². The van der Waals surface area contributed by atoms with Crippen LogP contribution >= 0.6 is 0 Å². The minimum absolute atomic E-state index is 0.121. The highest BCUT2D eigenvalue weighted by atomic mass is 32.2. The number of non-ortho nitro benzene ring substituents is 1. The molecule has 0 unspecified atom stereocenters. The maximum atomic E-state index is 12.6. The molecule has 21 heavy (non-hydrogen) atoms. The van der Waals surface area contributed by atoms with E-state index in [1.807, 2.05) is 0 Å². The van der Waals surface area contributed by atoms with Crippen molar-refractivity contribution in [2.45, 2.75) is 18.7 Å². The summed E-state index contributed by atoms with van der Waals surface area (Å²) in [5.41, 5.74) is 0.689. The summed E-state index contributed by atoms with van der Waals surface area (Å²) in [5.74, 6) is -0.385. The topological polar surface area (TPSA) is 110 Å². The number of rotatable bonds is 3. The molecule has 1 aromatic rings. The molecular weight excluding hydrogens is 298 g/mol. The number of hydrogen-bond donors (Lipinski definition) is 1. The van der Waals surface area contributed by atoms with Gasteiger partial charge in [0.2, 0.25) is 15.9 Å². The fourth-order valence-electron chi connectivity index (χ4n) is 2.14. The number of carbonyl (C=O) groups excluding carboxylic acids is 1. The Hall–Kier alpha value is -2.00. The van der Waals surface area contributed by atoms with Crippen molar-refractivity contribution < 1.29 is 18.1 Å². The number of aryl methyl sites for hydroxylation is 1. The summed E-state index contributed by atoms with van der Waals surface area (Å²) in [5, 5.41) is 13.4. The van der Waals surface area contributed by atoms with Crippen LogP contribution in [0.4, 0.5) is 5.69 Å². The Morgan fingerprint density at radius 3 is 2.57 bits per heavy atom. The van der Waals surface area contributed by atoms with Gasteiger partial charge in [0.1, 0.15) is 0 Å². The van der Waals surface area contributed by atoms with E-state index in [9.17, 15) is 23.3 Å². The molecule has 1 N–H and O–H groups in total. The van der Waals surface area contributed by atoms with E-state index in [0.717, 1.165) is 10.4 Å². The van der Waals surface area contributed by atoms with Crippen molar-refractivity contribution >= 4 is 21.6 Å². The molecule has 1 heterocycles. The molecule has 1 saturated heterocycles. The number of nitro benzene ring substituents is 1. The number of nitrogens with one attached hydrogen (secondary N) is 1. The second kappa shape index (κ2) is 5.41. The van der Waals surface area contributed by atoms with Gasteiger partial charge in [-0.2, -0.15) is 4.31 Å². The smallest absolute Gasteiger partial charge is 0.271 e. The molecule has 0 spiro atoms. The zero-order valence-corrected chi connectivity index (χ0v) is 12.4. The first-order valence-electron chi connectivity index (χ1n) is 6.26. The Labute approximate surface area is 122 Å². The first-order chi connectivity index (χ1) is 9.73. The van der Waals surface area contributed by atoms with E-state index in [1.54, 1.807) is 13.8 Å². The Morgan fingerprint density at radius 2 is 2.00 bits per heavy atom. The molecule has 8 nitrogen and oxygen atoms in total. The van der Waals surface area contributed by atoms with E-state index in [1.165, 1.54) is 6.07 Å². The lowest BCUT2D eigenvalue weighted by atomic mass is 10.1. The third-order valence-electron chi connectivity index (χ3n) is 3.44. The number of hydrogen-bond acceptors (Lipinski definition) is 5. The van der Waals surface area contributed by atoms with Crippen molar-refractivity contribution in [1.29, 1.82) is 0 Å². The highest BCUT2D eigenvalue weighted by Crippen LogP contribution is 2.27. The van der Waals surface area contributed by atoms with E-state index in [2.05, 4.69) is 5.32 Å². The van der Waals surface area contributed by atoms with Crippen LogP contribution in [0, 0.1) is 24.0 Å². The van der Waals surface area contributed by atoms with Crippen LogP contribution in [0.2, 0.25) is 0 Å². The van der Waals surface area contributed by atoms with Gasteiger partial charge in [-0.1, -0.05) is 0 Å². The minimum atomic E-state index is -3.94. The number of amides is 1. The monoisotopic (exact) mass is 313 g/mol. The Balaban J connectivity index is 2.53. The van der Waals surface area contributed by atoms with Crippen LogP contribution in [0.25, 0.3) is 0 Å². The van der Waals surface area contributed by atoms with E-state index in [-0.39, 0.29) is 36.1 Å². The minimum Gasteiger partial charge on any atom is -0.354 e. The van der Waals surface area contributed by atoms with Crippen LogP contribution in [-0.4, -0.2) is 43.2 Å². The SMILES string of the molecule is Cc1cc([N+](=O)[O-])cc(S(=O)(=O)N2CCNC(=O)C2)c1C. The molecule has 0 saturated carbocycles. The number of carbonyl (C=O) groups is 1. The van der Waals surface area contributed by atoms with Crippen LogP contribution in [-0.2, 0) is 14.8 Å². The average molecular weight is 313 g/mol. The van der Waals surface area contributed by atoms with Crippen molar-refractivity contribution in [1.82, 2.24) is 9.62 Å². The molecule has 2 rings (SSSR count). The first kappa shape index (κ1) is 15.4. The van der Waals surface area contributed by atoms with Gasteiger partial charge in [0, 0.05) is 25.2 Å². The Kier molecular flexibility index (Phi) is 3.97. The van der Waals surface area contributed by atoms with Gasteiger partial charge in [0.05, 0.1) is 16.4 Å². The molecule has 1 aliphatic heterocycles. The molecule has 1 aromatic carbocycles. The van der Waals surface area contributed by atoms with E-state index >= 15 is 0 Å². The molecule has 0 atom stereocenters. The van der Waals surface area contributed by atoms with Crippen molar-refractivity contribution in [3.8, 4) is 0 Å². The molecule has 0 bridgehead atoms. The lowest BCUT2D eigenvalue weighted by Gasteiger charge is -2.26. The fourth-order valence-corrected chi connectivity index (χ4v) is 3.86. The number of sulfonamides is 1. The van der Waals surface area contributed by atoms with Crippen LogP contribution in [0.5, 0.6) is 0 Å². The highest BCUT2D eigenvalue weighted by Gasteiger charge is 2.32. The summed E-state index contributed by atoms with van der Waals surface area (Å²) in [7, 11) is -3.94. The maximum Gasteiger partial charge on any atom is 0.271 e. The second-order valence-corrected chi connectivity index (χ2v) is 6.74. The second-order valence-electron chi connectivity index (χ2n) is 4.83. The first-order valence-corrected chi connectivity index (χ1v) is 7.70. The van der Waals surface area contributed by atoms with Gasteiger partial charge in [-0.15, -0.1) is 0 Å². The molecule has 1 fully saturated rings. The summed E-state index contributed by atoms with van der Waals surface area (Å²) in [6.45, 7) is 3.31.